The Kier molecular flexibility index (Phi) is 5.34. The van der Waals surface area contributed by atoms with Crippen LogP contribution < -0.4 is 10.1 Å². The number of hydrogen-bond donors (Lipinski definition) is 1. The molecule has 0 saturated carbocycles. The molecule has 1 heterocycles. The van der Waals surface area contributed by atoms with E-state index in [-0.39, 0.29) is 5.91 Å². The van der Waals surface area contributed by atoms with Crippen molar-refractivity contribution in [2.45, 2.75) is 5.16 Å². The van der Waals surface area contributed by atoms with Gasteiger partial charge in [-0.1, -0.05) is 36.5 Å². The minimum atomic E-state index is -0.280. The highest BCUT2D eigenvalue weighted by molar-refractivity contribution is 7.98. The summed E-state index contributed by atoms with van der Waals surface area (Å²) >= 11 is 1.42. The Labute approximate surface area is 127 Å². The van der Waals surface area contributed by atoms with Crippen molar-refractivity contribution >= 4 is 23.4 Å². The van der Waals surface area contributed by atoms with Gasteiger partial charge in [-0.25, -0.2) is 9.97 Å². The number of anilines is 1. The van der Waals surface area contributed by atoms with E-state index in [0.717, 1.165) is 0 Å². The molecular weight excluding hydrogens is 286 g/mol. The Hall–Kier alpha value is -2.34. The zero-order valence-electron chi connectivity index (χ0n) is 11.6. The maximum Gasteiger partial charge on any atom is 0.258 e. The van der Waals surface area contributed by atoms with Crippen molar-refractivity contribution in [3.63, 3.8) is 0 Å². The van der Waals surface area contributed by atoms with Crippen LogP contribution in [0.25, 0.3) is 0 Å². The van der Waals surface area contributed by atoms with Gasteiger partial charge in [0.2, 0.25) is 0 Å². The number of nitrogens with one attached hydrogen (secondary N) is 1. The Balaban J connectivity index is 2.13. The lowest BCUT2D eigenvalue weighted by molar-refractivity contribution is 0.102. The summed E-state index contributed by atoms with van der Waals surface area (Å²) in [6, 6.07) is 7.22. The number of amides is 1. The van der Waals surface area contributed by atoms with Crippen LogP contribution in [0, 0.1) is 0 Å². The highest BCUT2D eigenvalue weighted by Gasteiger charge is 2.10. The fourth-order valence-electron chi connectivity index (χ4n) is 1.58. The highest BCUT2D eigenvalue weighted by atomic mass is 32.2. The van der Waals surface area contributed by atoms with E-state index in [1.54, 1.807) is 18.2 Å². The van der Waals surface area contributed by atoms with Crippen LogP contribution in [-0.4, -0.2) is 28.7 Å². The molecule has 1 aromatic heterocycles. The molecule has 0 atom stereocenters. The largest absolute Gasteiger partial charge is 0.487 e. The second kappa shape index (κ2) is 7.44. The summed E-state index contributed by atoms with van der Waals surface area (Å²) in [5.74, 6) is 0.310. The molecule has 1 amide bonds. The number of para-hydroxylation sites is 2. The molecule has 0 aliphatic heterocycles. The van der Waals surface area contributed by atoms with Gasteiger partial charge in [-0.15, -0.1) is 0 Å². The molecule has 5 nitrogen and oxygen atoms in total. The minimum absolute atomic E-state index is 0.280. The van der Waals surface area contributed by atoms with Crippen molar-refractivity contribution in [2.24, 2.45) is 0 Å². The van der Waals surface area contributed by atoms with E-state index in [4.69, 9.17) is 4.74 Å². The Bertz CT molecular complexity index is 629. The number of ether oxygens (including phenoxy) is 1. The number of carbonyl (C=O) groups is 1. The van der Waals surface area contributed by atoms with Crippen molar-refractivity contribution in [1.29, 1.82) is 0 Å². The summed E-state index contributed by atoms with van der Waals surface area (Å²) in [5, 5.41) is 3.41. The average Bonchev–Trinajstić information content (AvgIpc) is 2.54. The molecule has 0 bridgehead atoms. The molecule has 1 N–H and O–H groups in total. The molecule has 0 aliphatic carbocycles. The highest BCUT2D eigenvalue weighted by Crippen LogP contribution is 2.24. The molecule has 21 heavy (non-hydrogen) atoms. The van der Waals surface area contributed by atoms with Crippen molar-refractivity contribution in [2.75, 3.05) is 18.2 Å². The Morgan fingerprint density at radius 1 is 1.38 bits per heavy atom. The summed E-state index contributed by atoms with van der Waals surface area (Å²) in [6.45, 7) is 3.97. The SMILES string of the molecule is C=CCOc1ccccc1NC(=O)c1cnc(SC)nc1. The molecule has 0 fully saturated rings. The van der Waals surface area contributed by atoms with E-state index < -0.39 is 0 Å². The third kappa shape index (κ3) is 4.06. The van der Waals surface area contributed by atoms with Crippen LogP contribution in [0.4, 0.5) is 5.69 Å². The molecule has 0 spiro atoms. The van der Waals surface area contributed by atoms with Crippen molar-refractivity contribution in [3.8, 4) is 5.75 Å². The van der Waals surface area contributed by atoms with Gasteiger partial charge in [0.25, 0.3) is 5.91 Å². The average molecular weight is 301 g/mol. The fraction of sp³-hybridized carbons (Fsp3) is 0.133. The Morgan fingerprint density at radius 2 is 2.10 bits per heavy atom. The second-order valence-corrected chi connectivity index (χ2v) is 4.78. The van der Waals surface area contributed by atoms with E-state index in [1.165, 1.54) is 24.2 Å². The van der Waals surface area contributed by atoms with Crippen LogP contribution in [0.2, 0.25) is 0 Å². The summed E-state index contributed by atoms with van der Waals surface area (Å²) in [7, 11) is 0. The molecular formula is C15H15N3O2S. The van der Waals surface area contributed by atoms with Crippen LogP contribution in [0.5, 0.6) is 5.75 Å². The number of carbonyl (C=O) groups excluding carboxylic acids is 1. The maximum atomic E-state index is 12.2. The van der Waals surface area contributed by atoms with Gasteiger partial charge in [0.15, 0.2) is 5.16 Å². The van der Waals surface area contributed by atoms with E-state index in [1.807, 2.05) is 18.4 Å². The molecule has 0 saturated heterocycles. The van der Waals surface area contributed by atoms with E-state index in [0.29, 0.717) is 28.8 Å². The number of nitrogens with zero attached hydrogens (tertiary/aromatic N) is 2. The van der Waals surface area contributed by atoms with Crippen LogP contribution in [0.15, 0.2) is 54.5 Å². The first-order chi connectivity index (χ1) is 10.2. The number of hydrogen-bond acceptors (Lipinski definition) is 5. The van der Waals surface area contributed by atoms with Crippen molar-refractivity contribution in [3.05, 3.63) is 54.9 Å². The lowest BCUT2D eigenvalue weighted by Gasteiger charge is -2.11. The first kappa shape index (κ1) is 15.1. The summed E-state index contributed by atoms with van der Waals surface area (Å²) in [5.41, 5.74) is 0.990. The molecule has 0 aliphatic rings. The van der Waals surface area contributed by atoms with Gasteiger partial charge in [0.05, 0.1) is 11.3 Å². The first-order valence-electron chi connectivity index (χ1n) is 6.24. The molecule has 6 heteroatoms. The second-order valence-electron chi connectivity index (χ2n) is 4.01. The molecule has 2 rings (SSSR count). The number of benzene rings is 1. The monoisotopic (exact) mass is 301 g/mol. The summed E-state index contributed by atoms with van der Waals surface area (Å²) in [4.78, 5) is 20.3. The summed E-state index contributed by atoms with van der Waals surface area (Å²) in [6.07, 6.45) is 6.53. The smallest absolute Gasteiger partial charge is 0.258 e. The molecule has 0 radical (unpaired) electrons. The third-order valence-corrected chi connectivity index (χ3v) is 3.14. The molecule has 108 valence electrons. The van der Waals surface area contributed by atoms with Crippen LogP contribution >= 0.6 is 11.8 Å². The van der Waals surface area contributed by atoms with E-state index in [2.05, 4.69) is 21.9 Å². The van der Waals surface area contributed by atoms with Crippen molar-refractivity contribution in [1.82, 2.24) is 9.97 Å². The lowest BCUT2D eigenvalue weighted by Crippen LogP contribution is -2.13. The molecule has 1 aromatic carbocycles. The molecule has 2 aromatic rings. The van der Waals surface area contributed by atoms with Gasteiger partial charge in [0, 0.05) is 12.4 Å². The first-order valence-corrected chi connectivity index (χ1v) is 7.47. The molecule has 0 unspecified atom stereocenters. The van der Waals surface area contributed by atoms with Crippen molar-refractivity contribution < 1.29 is 9.53 Å². The van der Waals surface area contributed by atoms with Gasteiger partial charge < -0.3 is 10.1 Å². The fourth-order valence-corrected chi connectivity index (χ4v) is 1.89. The topological polar surface area (TPSA) is 64.1 Å². The maximum absolute atomic E-state index is 12.2. The zero-order chi connectivity index (χ0) is 15.1. The quantitative estimate of drug-likeness (QED) is 0.505. The van der Waals surface area contributed by atoms with Crippen LogP contribution in [-0.2, 0) is 0 Å². The minimum Gasteiger partial charge on any atom is -0.487 e. The normalized spacial score (nSPS) is 9.95. The van der Waals surface area contributed by atoms with Gasteiger partial charge >= 0.3 is 0 Å². The predicted molar refractivity (Wildman–Crippen MR) is 83.9 cm³/mol. The predicted octanol–water partition coefficient (Wildman–Crippen LogP) is 3.02. The Morgan fingerprint density at radius 3 is 2.76 bits per heavy atom. The van der Waals surface area contributed by atoms with Crippen LogP contribution in [0.1, 0.15) is 10.4 Å². The van der Waals surface area contributed by atoms with Gasteiger partial charge in [-0.05, 0) is 18.4 Å². The zero-order valence-corrected chi connectivity index (χ0v) is 12.4. The van der Waals surface area contributed by atoms with Gasteiger partial charge in [0.1, 0.15) is 12.4 Å². The number of thioether (sulfide) groups is 1. The number of rotatable bonds is 6. The van der Waals surface area contributed by atoms with Gasteiger partial charge in [-0.2, -0.15) is 0 Å². The van der Waals surface area contributed by atoms with E-state index in [9.17, 15) is 4.79 Å². The number of aromatic nitrogens is 2. The van der Waals surface area contributed by atoms with E-state index >= 15 is 0 Å². The van der Waals surface area contributed by atoms with Gasteiger partial charge in [-0.3, -0.25) is 4.79 Å². The van der Waals surface area contributed by atoms with Crippen LogP contribution in [0.3, 0.4) is 0 Å². The summed E-state index contributed by atoms with van der Waals surface area (Å²) < 4.78 is 5.49. The third-order valence-electron chi connectivity index (χ3n) is 2.56. The lowest BCUT2D eigenvalue weighted by atomic mass is 10.2. The standard InChI is InChI=1S/C15H15N3O2S/c1-3-8-20-13-7-5-4-6-12(13)18-14(19)11-9-16-15(21-2)17-10-11/h3-7,9-10H,1,8H2,2H3,(H,18,19).